The Morgan fingerprint density at radius 3 is 2.64 bits per heavy atom. The molecule has 86 valence electrons. The number of aliphatic hydroxyl groups excluding tert-OH is 1. The molecule has 0 rings (SSSR count). The molecule has 0 amide bonds. The molecule has 14 heavy (non-hydrogen) atoms. The Kier molecular flexibility index (Phi) is 11.6. The first-order chi connectivity index (χ1) is 6.85. The zero-order valence-electron chi connectivity index (χ0n) is 9.59. The Bertz CT molecular complexity index is 111. The summed E-state index contributed by atoms with van der Waals surface area (Å²) in [6.07, 6.45) is 4.64. The van der Waals surface area contributed by atoms with Crippen LogP contribution in [0.25, 0.3) is 0 Å². The summed E-state index contributed by atoms with van der Waals surface area (Å²) in [6.45, 7) is 5.77. The molecule has 0 saturated carbocycles. The lowest BCUT2D eigenvalue weighted by Gasteiger charge is -2.16. The molecule has 0 radical (unpaired) electrons. The van der Waals surface area contributed by atoms with Crippen molar-refractivity contribution in [2.45, 2.75) is 45.6 Å². The second kappa shape index (κ2) is 11.3. The van der Waals surface area contributed by atoms with Crippen molar-refractivity contribution < 1.29 is 5.11 Å². The Morgan fingerprint density at radius 1 is 1.29 bits per heavy atom. The highest BCUT2D eigenvalue weighted by Gasteiger charge is 2.06. The van der Waals surface area contributed by atoms with Gasteiger partial charge in [-0.05, 0) is 31.6 Å². The molecule has 0 aliphatic carbocycles. The summed E-state index contributed by atoms with van der Waals surface area (Å²) in [5, 5.41) is 12.4. The highest BCUT2D eigenvalue weighted by atomic mass is 32.2. The highest BCUT2D eigenvalue weighted by molar-refractivity contribution is 7.99. The van der Waals surface area contributed by atoms with Gasteiger partial charge in [0.05, 0.1) is 0 Å². The Morgan fingerprint density at radius 2 is 2.07 bits per heavy atom. The van der Waals surface area contributed by atoms with Crippen LogP contribution in [-0.4, -0.2) is 35.8 Å². The van der Waals surface area contributed by atoms with Crippen LogP contribution < -0.4 is 5.32 Å². The molecule has 0 aliphatic heterocycles. The van der Waals surface area contributed by atoms with Crippen molar-refractivity contribution in [1.29, 1.82) is 0 Å². The fourth-order valence-electron chi connectivity index (χ4n) is 1.22. The van der Waals surface area contributed by atoms with Crippen LogP contribution >= 0.6 is 11.8 Å². The molecule has 1 unspecified atom stereocenters. The maximum atomic E-state index is 8.89. The maximum absolute atomic E-state index is 8.89. The molecule has 2 N–H and O–H groups in total. The van der Waals surface area contributed by atoms with E-state index in [9.17, 15) is 0 Å². The lowest BCUT2D eigenvalue weighted by molar-refractivity contribution is 0.270. The quantitative estimate of drug-likeness (QED) is 0.553. The van der Waals surface area contributed by atoms with Crippen LogP contribution in [0.5, 0.6) is 0 Å². The lowest BCUT2D eigenvalue weighted by Crippen LogP contribution is -2.33. The summed E-state index contributed by atoms with van der Waals surface area (Å²) in [5.41, 5.74) is 0. The van der Waals surface area contributed by atoms with E-state index >= 15 is 0 Å². The SMILES string of the molecule is CCCCSCC(CCO)NCCC. The Hall–Kier alpha value is 0.270. The first kappa shape index (κ1) is 14.3. The number of aliphatic hydroxyl groups is 1. The monoisotopic (exact) mass is 219 g/mol. The van der Waals surface area contributed by atoms with Crippen LogP contribution in [0.4, 0.5) is 0 Å². The van der Waals surface area contributed by atoms with E-state index in [0.29, 0.717) is 12.6 Å². The number of unbranched alkanes of at least 4 members (excludes halogenated alkanes) is 1. The third-order valence-electron chi connectivity index (χ3n) is 2.12. The molecule has 3 heteroatoms. The fourth-order valence-corrected chi connectivity index (χ4v) is 2.45. The fraction of sp³-hybridized carbons (Fsp3) is 1.00. The summed E-state index contributed by atoms with van der Waals surface area (Å²) in [7, 11) is 0. The third kappa shape index (κ3) is 8.85. The topological polar surface area (TPSA) is 32.3 Å². The summed E-state index contributed by atoms with van der Waals surface area (Å²) < 4.78 is 0. The van der Waals surface area contributed by atoms with Gasteiger partial charge in [0.1, 0.15) is 0 Å². The van der Waals surface area contributed by atoms with Crippen LogP contribution in [0.15, 0.2) is 0 Å². The van der Waals surface area contributed by atoms with Crippen LogP contribution in [0.1, 0.15) is 39.5 Å². The van der Waals surface area contributed by atoms with Crippen molar-refractivity contribution in [2.24, 2.45) is 0 Å². The predicted molar refractivity (Wildman–Crippen MR) is 66.0 cm³/mol. The van der Waals surface area contributed by atoms with Gasteiger partial charge in [-0.25, -0.2) is 0 Å². The lowest BCUT2D eigenvalue weighted by atomic mass is 10.2. The molecule has 0 fully saturated rings. The van der Waals surface area contributed by atoms with Crippen LogP contribution in [0.2, 0.25) is 0 Å². The van der Waals surface area contributed by atoms with Gasteiger partial charge in [-0.3, -0.25) is 0 Å². The van der Waals surface area contributed by atoms with Crippen LogP contribution in [-0.2, 0) is 0 Å². The van der Waals surface area contributed by atoms with E-state index in [2.05, 4.69) is 19.2 Å². The first-order valence-electron chi connectivity index (χ1n) is 5.77. The van der Waals surface area contributed by atoms with Gasteiger partial charge in [-0.15, -0.1) is 0 Å². The minimum absolute atomic E-state index is 0.301. The third-order valence-corrected chi connectivity index (χ3v) is 3.34. The molecule has 0 aromatic heterocycles. The number of rotatable bonds is 10. The first-order valence-corrected chi connectivity index (χ1v) is 6.92. The number of thioether (sulfide) groups is 1. The normalized spacial score (nSPS) is 13.1. The van der Waals surface area contributed by atoms with Gasteiger partial charge in [0.15, 0.2) is 0 Å². The Balaban J connectivity index is 3.40. The standard InChI is InChI=1S/C11H25NOS/c1-3-5-9-14-10-11(6-8-13)12-7-4-2/h11-13H,3-10H2,1-2H3. The highest BCUT2D eigenvalue weighted by Crippen LogP contribution is 2.08. The van der Waals surface area contributed by atoms with Crippen molar-refractivity contribution in [3.8, 4) is 0 Å². The van der Waals surface area contributed by atoms with E-state index in [1.54, 1.807) is 0 Å². The van der Waals surface area contributed by atoms with Gasteiger partial charge in [-0.1, -0.05) is 20.3 Å². The molecule has 0 saturated heterocycles. The van der Waals surface area contributed by atoms with Crippen molar-refractivity contribution in [2.75, 3.05) is 24.7 Å². The average Bonchev–Trinajstić information content (AvgIpc) is 2.20. The summed E-state index contributed by atoms with van der Waals surface area (Å²) in [5.74, 6) is 2.40. The molecule has 0 bridgehead atoms. The minimum atomic E-state index is 0.301. The molecule has 0 heterocycles. The van der Waals surface area contributed by atoms with Gasteiger partial charge >= 0.3 is 0 Å². The van der Waals surface area contributed by atoms with E-state index in [-0.39, 0.29) is 0 Å². The molecule has 1 atom stereocenters. The van der Waals surface area contributed by atoms with E-state index in [1.165, 1.54) is 25.0 Å². The van der Waals surface area contributed by atoms with Crippen molar-refractivity contribution in [3.05, 3.63) is 0 Å². The van der Waals surface area contributed by atoms with Gasteiger partial charge < -0.3 is 10.4 Å². The maximum Gasteiger partial charge on any atom is 0.0446 e. The number of hydrogen-bond acceptors (Lipinski definition) is 3. The smallest absolute Gasteiger partial charge is 0.0446 e. The predicted octanol–water partition coefficient (Wildman–Crippen LogP) is 2.27. The van der Waals surface area contributed by atoms with Gasteiger partial charge in [-0.2, -0.15) is 11.8 Å². The molecule has 0 aromatic carbocycles. The van der Waals surface area contributed by atoms with E-state index in [4.69, 9.17) is 5.11 Å². The van der Waals surface area contributed by atoms with Gasteiger partial charge in [0, 0.05) is 18.4 Å². The summed E-state index contributed by atoms with van der Waals surface area (Å²) in [4.78, 5) is 0. The zero-order valence-corrected chi connectivity index (χ0v) is 10.4. The largest absolute Gasteiger partial charge is 0.396 e. The van der Waals surface area contributed by atoms with Gasteiger partial charge in [0.2, 0.25) is 0 Å². The molecule has 0 spiro atoms. The second-order valence-corrected chi connectivity index (χ2v) is 4.74. The average molecular weight is 219 g/mol. The zero-order chi connectivity index (χ0) is 10.6. The van der Waals surface area contributed by atoms with E-state index in [0.717, 1.165) is 18.7 Å². The summed E-state index contributed by atoms with van der Waals surface area (Å²) in [6, 6.07) is 0.502. The molecule has 0 aliphatic rings. The summed E-state index contributed by atoms with van der Waals surface area (Å²) >= 11 is 2.00. The minimum Gasteiger partial charge on any atom is -0.396 e. The number of nitrogens with one attached hydrogen (secondary N) is 1. The number of hydrogen-bond donors (Lipinski definition) is 2. The van der Waals surface area contributed by atoms with Crippen molar-refractivity contribution >= 4 is 11.8 Å². The van der Waals surface area contributed by atoms with Crippen LogP contribution in [0, 0.1) is 0 Å². The van der Waals surface area contributed by atoms with Gasteiger partial charge in [0.25, 0.3) is 0 Å². The molecule has 2 nitrogen and oxygen atoms in total. The molecular formula is C11H25NOS. The van der Waals surface area contributed by atoms with Crippen molar-refractivity contribution in [3.63, 3.8) is 0 Å². The van der Waals surface area contributed by atoms with E-state index < -0.39 is 0 Å². The van der Waals surface area contributed by atoms with Crippen molar-refractivity contribution in [1.82, 2.24) is 5.32 Å². The Labute approximate surface area is 92.9 Å². The van der Waals surface area contributed by atoms with Crippen LogP contribution in [0.3, 0.4) is 0 Å². The molecule has 0 aromatic rings. The van der Waals surface area contributed by atoms with E-state index in [1.807, 2.05) is 11.8 Å². The second-order valence-electron chi connectivity index (χ2n) is 3.59. The molecular weight excluding hydrogens is 194 g/mol.